The molecule has 1 unspecified atom stereocenters. The number of nitrogens with one attached hydrogen (secondary N) is 1. The molecule has 1 fully saturated rings. The Morgan fingerprint density at radius 3 is 2.58 bits per heavy atom. The van der Waals surface area contributed by atoms with E-state index in [1.165, 1.54) is 29.4 Å². The summed E-state index contributed by atoms with van der Waals surface area (Å²) in [7, 11) is -3.34. The number of thiophene rings is 1. The molecule has 36 heavy (non-hydrogen) atoms. The number of halogens is 1. The number of nitrogens with zero attached hydrogens (tertiary/aromatic N) is 2. The molecule has 1 saturated heterocycles. The quantitative estimate of drug-likeness (QED) is 0.355. The molecule has 2 aromatic carbocycles. The van der Waals surface area contributed by atoms with Crippen LogP contribution >= 0.6 is 34.7 Å². The van der Waals surface area contributed by atoms with Crippen molar-refractivity contribution in [2.45, 2.75) is 17.4 Å². The first-order valence-electron chi connectivity index (χ1n) is 10.9. The zero-order valence-corrected chi connectivity index (χ0v) is 22.2. The average molecular weight is 558 g/mol. The molecule has 11 heteroatoms. The first-order chi connectivity index (χ1) is 17.2. The number of thioether (sulfide) groups is 1. The van der Waals surface area contributed by atoms with Crippen molar-refractivity contribution >= 4 is 55.6 Å². The summed E-state index contributed by atoms with van der Waals surface area (Å²) in [5.74, 6) is 0.252. The number of hydrogen-bond donors (Lipinski definition) is 1. The van der Waals surface area contributed by atoms with E-state index in [-0.39, 0.29) is 15.7 Å². The highest BCUT2D eigenvalue weighted by Gasteiger charge is 2.28. The van der Waals surface area contributed by atoms with Gasteiger partial charge in [0, 0.05) is 16.9 Å². The second kappa shape index (κ2) is 9.85. The van der Waals surface area contributed by atoms with Crippen LogP contribution in [0.25, 0.3) is 26.7 Å². The summed E-state index contributed by atoms with van der Waals surface area (Å²) in [6.45, 7) is 0. The van der Waals surface area contributed by atoms with Gasteiger partial charge in [0.1, 0.15) is 0 Å². The number of amides is 1. The molecule has 2 aromatic heterocycles. The van der Waals surface area contributed by atoms with E-state index in [2.05, 4.69) is 10.4 Å². The smallest absolute Gasteiger partial charge is 0.272 e. The molecule has 1 amide bonds. The first kappa shape index (κ1) is 24.8. The highest BCUT2D eigenvalue weighted by molar-refractivity contribution is 8.14. The average Bonchev–Trinajstić information content (AvgIpc) is 3.59. The van der Waals surface area contributed by atoms with Crippen molar-refractivity contribution in [2.75, 3.05) is 12.0 Å². The molecular weight excluding hydrogens is 538 g/mol. The Hall–Kier alpha value is -2.92. The van der Waals surface area contributed by atoms with E-state index in [1.807, 2.05) is 36.4 Å². The Bertz CT molecular complexity index is 1590. The van der Waals surface area contributed by atoms with Gasteiger partial charge in [-0.3, -0.25) is 9.59 Å². The largest absolute Gasteiger partial charge is 0.340 e. The van der Waals surface area contributed by atoms with E-state index >= 15 is 0 Å². The third-order valence-corrected chi connectivity index (χ3v) is 9.26. The van der Waals surface area contributed by atoms with Gasteiger partial charge in [-0.1, -0.05) is 47.6 Å². The van der Waals surface area contributed by atoms with Crippen molar-refractivity contribution in [2.24, 2.45) is 0 Å². The maximum Gasteiger partial charge on any atom is 0.272 e. The Morgan fingerprint density at radius 1 is 1.08 bits per heavy atom. The van der Waals surface area contributed by atoms with Crippen LogP contribution in [0, 0.1) is 0 Å². The fraction of sp³-hybridized carbons (Fsp3) is 0.160. The summed E-state index contributed by atoms with van der Waals surface area (Å²) in [5, 5.41) is 7.74. The second-order valence-corrected chi connectivity index (χ2v) is 12.8. The molecular formula is C25H20ClN3O4S3. The number of aromatic nitrogens is 2. The van der Waals surface area contributed by atoms with Crippen LogP contribution in [0.3, 0.4) is 0 Å². The van der Waals surface area contributed by atoms with Gasteiger partial charge in [-0.25, -0.2) is 13.1 Å². The summed E-state index contributed by atoms with van der Waals surface area (Å²) in [5.41, 5.74) is 2.20. The molecule has 0 spiro atoms. The number of para-hydroxylation sites is 1. The van der Waals surface area contributed by atoms with Gasteiger partial charge in [0.05, 0.1) is 32.2 Å². The van der Waals surface area contributed by atoms with Gasteiger partial charge in [0.15, 0.2) is 15.5 Å². The number of rotatable bonds is 6. The number of carbonyl (C=O) groups excluding carboxylic acids is 2. The molecule has 1 aliphatic rings. The minimum absolute atomic E-state index is 0.0478. The van der Waals surface area contributed by atoms with E-state index in [4.69, 9.17) is 11.6 Å². The molecule has 184 valence electrons. The fourth-order valence-electron chi connectivity index (χ4n) is 3.84. The van der Waals surface area contributed by atoms with E-state index in [9.17, 15) is 18.0 Å². The first-order valence-corrected chi connectivity index (χ1v) is 15.0. The minimum Gasteiger partial charge on any atom is -0.340 e. The summed E-state index contributed by atoms with van der Waals surface area (Å²) >= 11 is 9.12. The normalized spacial score (nSPS) is 15.8. The molecule has 7 nitrogen and oxygen atoms in total. The lowest BCUT2D eigenvalue weighted by atomic mass is 10.2. The molecule has 1 N–H and O–H groups in total. The Labute approximate surface area is 221 Å². The predicted molar refractivity (Wildman–Crippen MR) is 144 cm³/mol. The van der Waals surface area contributed by atoms with Crippen LogP contribution in [0.4, 0.5) is 0 Å². The van der Waals surface area contributed by atoms with Gasteiger partial charge in [-0.2, -0.15) is 5.10 Å². The lowest BCUT2D eigenvalue weighted by Crippen LogP contribution is -2.37. The zero-order chi connectivity index (χ0) is 25.4. The highest BCUT2D eigenvalue weighted by Crippen LogP contribution is 2.37. The highest BCUT2D eigenvalue weighted by atomic mass is 35.5. The lowest BCUT2D eigenvalue weighted by molar-refractivity contribution is -0.112. The standard InChI is InChI=1S/C25H20ClN3O4S3/c1-36(32,33)16-6-4-5-15(13-16)22-9-10-23(35-22)21-14-19(24(30)27-18-11-12-34-25(18)31)28-29(21)20-8-3-2-7-17(20)26/h2-10,13-14,18H,11-12H2,1H3,(H,27,30). The third kappa shape index (κ3) is 4.99. The van der Waals surface area contributed by atoms with Crippen LogP contribution in [-0.4, -0.2) is 47.3 Å². The van der Waals surface area contributed by atoms with Gasteiger partial charge in [-0.15, -0.1) is 11.3 Å². The van der Waals surface area contributed by atoms with E-state index in [0.29, 0.717) is 28.6 Å². The fourth-order valence-corrected chi connectivity index (χ4v) is 6.66. The van der Waals surface area contributed by atoms with Gasteiger partial charge >= 0.3 is 0 Å². The van der Waals surface area contributed by atoms with Crippen LogP contribution in [0.15, 0.2) is 71.6 Å². The lowest BCUT2D eigenvalue weighted by Gasteiger charge is -2.09. The summed E-state index contributed by atoms with van der Waals surface area (Å²) in [6, 6.07) is 18.9. The Kier molecular flexibility index (Phi) is 6.78. The summed E-state index contributed by atoms with van der Waals surface area (Å²) in [4.78, 5) is 26.9. The van der Waals surface area contributed by atoms with Gasteiger partial charge < -0.3 is 5.32 Å². The number of hydrogen-bond acceptors (Lipinski definition) is 7. The van der Waals surface area contributed by atoms with Crippen LogP contribution in [0.1, 0.15) is 16.9 Å². The SMILES string of the molecule is CS(=O)(=O)c1cccc(-c2ccc(-c3cc(C(=O)NC4CCSC4=O)nn3-c3ccccc3Cl)s2)c1. The molecule has 0 bridgehead atoms. The minimum atomic E-state index is -3.34. The number of sulfone groups is 1. The predicted octanol–water partition coefficient (Wildman–Crippen LogP) is 5.09. The van der Waals surface area contributed by atoms with E-state index in [0.717, 1.165) is 15.3 Å². The van der Waals surface area contributed by atoms with Crippen LogP contribution in [0.5, 0.6) is 0 Å². The van der Waals surface area contributed by atoms with Crippen molar-refractivity contribution in [3.63, 3.8) is 0 Å². The molecule has 0 radical (unpaired) electrons. The van der Waals surface area contributed by atoms with E-state index in [1.54, 1.807) is 35.0 Å². The van der Waals surface area contributed by atoms with Crippen molar-refractivity contribution in [1.29, 1.82) is 0 Å². The molecule has 1 atom stereocenters. The second-order valence-electron chi connectivity index (χ2n) is 8.22. The molecule has 0 aliphatic carbocycles. The Balaban J connectivity index is 1.55. The van der Waals surface area contributed by atoms with Crippen LogP contribution < -0.4 is 5.32 Å². The number of benzene rings is 2. The van der Waals surface area contributed by atoms with Crippen LogP contribution in [-0.2, 0) is 14.6 Å². The third-order valence-electron chi connectivity index (χ3n) is 5.67. The van der Waals surface area contributed by atoms with Gasteiger partial charge in [-0.05, 0) is 54.4 Å². The topological polar surface area (TPSA) is 98.1 Å². The monoisotopic (exact) mass is 557 g/mol. The van der Waals surface area contributed by atoms with Gasteiger partial charge in [0.25, 0.3) is 5.91 Å². The van der Waals surface area contributed by atoms with Crippen molar-refractivity contribution in [1.82, 2.24) is 15.1 Å². The molecule has 3 heterocycles. The molecule has 0 saturated carbocycles. The summed E-state index contributed by atoms with van der Waals surface area (Å²) < 4.78 is 25.6. The maximum atomic E-state index is 13.0. The van der Waals surface area contributed by atoms with Crippen molar-refractivity contribution in [3.05, 3.63) is 77.4 Å². The Morgan fingerprint density at radius 2 is 1.86 bits per heavy atom. The van der Waals surface area contributed by atoms with Crippen LogP contribution in [0.2, 0.25) is 5.02 Å². The van der Waals surface area contributed by atoms with Crippen molar-refractivity contribution < 1.29 is 18.0 Å². The number of carbonyl (C=O) groups is 2. The zero-order valence-electron chi connectivity index (χ0n) is 19.0. The van der Waals surface area contributed by atoms with Gasteiger partial charge in [0.2, 0.25) is 5.12 Å². The molecule has 4 aromatic rings. The maximum absolute atomic E-state index is 13.0. The molecule has 1 aliphatic heterocycles. The van der Waals surface area contributed by atoms with E-state index < -0.39 is 21.8 Å². The molecule has 5 rings (SSSR count). The summed E-state index contributed by atoms with van der Waals surface area (Å²) in [6.07, 6.45) is 1.77. The van der Waals surface area contributed by atoms with Crippen molar-refractivity contribution in [3.8, 4) is 26.7 Å².